The molecule has 0 aliphatic carbocycles. The van der Waals surface area contributed by atoms with Gasteiger partial charge in [-0.25, -0.2) is 4.98 Å². The van der Waals surface area contributed by atoms with Crippen LogP contribution in [0.25, 0.3) is 16.9 Å². The maximum atomic E-state index is 5.55. The fourth-order valence-electron chi connectivity index (χ4n) is 3.91. The van der Waals surface area contributed by atoms with Crippen molar-refractivity contribution < 1.29 is 9.47 Å². The number of nitrogens with zero attached hydrogens (tertiary/aromatic N) is 5. The number of hydrogen-bond donors (Lipinski definition) is 1. The first-order chi connectivity index (χ1) is 16.2. The molecule has 4 aromatic rings. The normalized spacial score (nSPS) is 14.2. The van der Waals surface area contributed by atoms with Crippen LogP contribution in [0.5, 0.6) is 5.75 Å². The van der Waals surface area contributed by atoms with Crippen molar-refractivity contribution in [1.29, 1.82) is 0 Å². The van der Waals surface area contributed by atoms with E-state index in [0.29, 0.717) is 19.0 Å². The van der Waals surface area contributed by atoms with Gasteiger partial charge in [0.25, 0.3) is 0 Å². The molecular weight excluding hydrogens is 416 g/mol. The summed E-state index contributed by atoms with van der Waals surface area (Å²) in [6.45, 7) is 5.00. The van der Waals surface area contributed by atoms with Crippen LogP contribution in [0.15, 0.2) is 65.8 Å². The van der Waals surface area contributed by atoms with Gasteiger partial charge >= 0.3 is 0 Å². The lowest BCUT2D eigenvalue weighted by Crippen LogP contribution is -2.37. The van der Waals surface area contributed by atoms with Crippen LogP contribution < -0.4 is 15.1 Å². The van der Waals surface area contributed by atoms with Gasteiger partial charge in [0.15, 0.2) is 11.5 Å². The summed E-state index contributed by atoms with van der Waals surface area (Å²) in [5.41, 5.74) is 7.81. The molecule has 3 heterocycles. The molecule has 168 valence electrons. The molecule has 1 N–H and O–H groups in total. The largest absolute Gasteiger partial charge is 0.496 e. The van der Waals surface area contributed by atoms with Crippen LogP contribution in [0, 0.1) is 6.92 Å². The predicted octanol–water partition coefficient (Wildman–Crippen LogP) is 4.00. The Bertz CT molecular complexity index is 1280. The molecular formula is C25H26N6O2. The molecule has 5 rings (SSSR count). The van der Waals surface area contributed by atoms with Gasteiger partial charge in [-0.15, -0.1) is 0 Å². The van der Waals surface area contributed by atoms with Gasteiger partial charge in [-0.3, -0.25) is 5.43 Å². The molecule has 0 bridgehead atoms. The number of aromatic nitrogens is 3. The van der Waals surface area contributed by atoms with E-state index in [1.807, 2.05) is 60.0 Å². The Balaban J connectivity index is 1.50. The highest BCUT2D eigenvalue weighted by Gasteiger charge is 2.18. The highest BCUT2D eigenvalue weighted by molar-refractivity contribution is 5.84. The van der Waals surface area contributed by atoms with Crippen LogP contribution in [0.4, 0.5) is 11.6 Å². The van der Waals surface area contributed by atoms with Crippen molar-refractivity contribution in [3.63, 3.8) is 0 Å². The molecule has 1 fully saturated rings. The first kappa shape index (κ1) is 21.0. The van der Waals surface area contributed by atoms with Crippen molar-refractivity contribution in [3.05, 3.63) is 71.8 Å². The van der Waals surface area contributed by atoms with Gasteiger partial charge in [0.05, 0.1) is 32.2 Å². The van der Waals surface area contributed by atoms with Crippen molar-refractivity contribution in [1.82, 2.24) is 14.6 Å². The Labute approximate surface area is 192 Å². The first-order valence-electron chi connectivity index (χ1n) is 10.9. The summed E-state index contributed by atoms with van der Waals surface area (Å²) in [4.78, 5) is 7.02. The third-order valence-corrected chi connectivity index (χ3v) is 5.58. The Morgan fingerprint density at radius 3 is 2.67 bits per heavy atom. The summed E-state index contributed by atoms with van der Waals surface area (Å²) < 4.78 is 12.9. The van der Waals surface area contributed by atoms with E-state index in [1.165, 1.54) is 0 Å². The number of nitrogens with one attached hydrogen (secondary N) is 1. The van der Waals surface area contributed by atoms with Crippen molar-refractivity contribution in [2.45, 2.75) is 6.92 Å². The van der Waals surface area contributed by atoms with E-state index in [-0.39, 0.29) is 0 Å². The number of hydrazone groups is 1. The standard InChI is InChI=1S/C25H26N6O2/c1-18-8-9-22(32-2)20(14-18)17-26-28-23-16-25(30-10-12-33-13-11-30)31-24(27-23)15-21(29-31)19-6-4-3-5-7-19/h3-9,14-17H,10-13H2,1-2H3,(H,27,28). The average Bonchev–Trinajstić information content (AvgIpc) is 3.29. The molecule has 0 saturated carbocycles. The number of morpholine rings is 1. The molecule has 0 atom stereocenters. The Morgan fingerprint density at radius 1 is 1.06 bits per heavy atom. The van der Waals surface area contributed by atoms with Crippen molar-refractivity contribution in [2.24, 2.45) is 5.10 Å². The fourth-order valence-corrected chi connectivity index (χ4v) is 3.91. The van der Waals surface area contributed by atoms with E-state index < -0.39 is 0 Å². The second-order valence-electron chi connectivity index (χ2n) is 7.88. The first-order valence-corrected chi connectivity index (χ1v) is 10.9. The van der Waals surface area contributed by atoms with Crippen LogP contribution in [-0.2, 0) is 4.74 Å². The number of fused-ring (bicyclic) bond motifs is 1. The highest BCUT2D eigenvalue weighted by atomic mass is 16.5. The molecule has 0 unspecified atom stereocenters. The average molecular weight is 443 g/mol. The number of rotatable bonds is 6. The van der Waals surface area contributed by atoms with Crippen LogP contribution in [0.1, 0.15) is 11.1 Å². The van der Waals surface area contributed by atoms with E-state index in [9.17, 15) is 0 Å². The zero-order valence-corrected chi connectivity index (χ0v) is 18.7. The summed E-state index contributed by atoms with van der Waals surface area (Å²) in [7, 11) is 1.66. The Hall–Kier alpha value is -3.91. The van der Waals surface area contributed by atoms with Crippen molar-refractivity contribution in [2.75, 3.05) is 43.7 Å². The molecule has 1 aliphatic heterocycles. The van der Waals surface area contributed by atoms with E-state index in [0.717, 1.165) is 52.7 Å². The van der Waals surface area contributed by atoms with E-state index >= 15 is 0 Å². The fraction of sp³-hybridized carbons (Fsp3) is 0.240. The van der Waals surface area contributed by atoms with Gasteiger partial charge < -0.3 is 14.4 Å². The molecule has 8 heteroatoms. The minimum Gasteiger partial charge on any atom is -0.496 e. The summed E-state index contributed by atoms with van der Waals surface area (Å²) in [6, 6.07) is 20.1. The van der Waals surface area contributed by atoms with Crippen LogP contribution in [0.3, 0.4) is 0 Å². The molecule has 0 amide bonds. The molecule has 8 nitrogen and oxygen atoms in total. The maximum absolute atomic E-state index is 5.55. The Kier molecular flexibility index (Phi) is 5.91. The molecule has 0 spiro atoms. The zero-order valence-electron chi connectivity index (χ0n) is 18.7. The third kappa shape index (κ3) is 4.51. The van der Waals surface area contributed by atoms with Crippen molar-refractivity contribution in [3.8, 4) is 17.0 Å². The SMILES string of the molecule is COc1ccc(C)cc1C=NNc1cc(N2CCOCC2)n2nc(-c3ccccc3)cc2n1. The Morgan fingerprint density at radius 2 is 1.88 bits per heavy atom. The maximum Gasteiger partial charge on any atom is 0.160 e. The van der Waals surface area contributed by atoms with Crippen molar-refractivity contribution >= 4 is 23.5 Å². The number of methoxy groups -OCH3 is 1. The zero-order chi connectivity index (χ0) is 22.6. The van der Waals surface area contributed by atoms with Gasteiger partial charge in [-0.05, 0) is 19.1 Å². The second kappa shape index (κ2) is 9.30. The van der Waals surface area contributed by atoms with Gasteiger partial charge in [0.2, 0.25) is 0 Å². The van der Waals surface area contributed by atoms with Gasteiger partial charge in [-0.2, -0.15) is 14.7 Å². The van der Waals surface area contributed by atoms with Gasteiger partial charge in [0.1, 0.15) is 11.6 Å². The number of benzene rings is 2. The smallest absolute Gasteiger partial charge is 0.160 e. The lowest BCUT2D eigenvalue weighted by molar-refractivity contribution is 0.122. The quantitative estimate of drug-likeness (QED) is 0.359. The van der Waals surface area contributed by atoms with Crippen LogP contribution >= 0.6 is 0 Å². The minimum absolute atomic E-state index is 0.645. The van der Waals surface area contributed by atoms with E-state index in [1.54, 1.807) is 13.3 Å². The van der Waals surface area contributed by atoms with Gasteiger partial charge in [0, 0.05) is 36.3 Å². The number of aryl methyl sites for hydroxylation is 1. The predicted molar refractivity (Wildman–Crippen MR) is 130 cm³/mol. The molecule has 33 heavy (non-hydrogen) atoms. The summed E-state index contributed by atoms with van der Waals surface area (Å²) in [6.07, 6.45) is 1.75. The molecule has 2 aromatic heterocycles. The second-order valence-corrected chi connectivity index (χ2v) is 7.88. The monoisotopic (exact) mass is 442 g/mol. The summed E-state index contributed by atoms with van der Waals surface area (Å²) in [5, 5.41) is 9.28. The summed E-state index contributed by atoms with van der Waals surface area (Å²) >= 11 is 0. The summed E-state index contributed by atoms with van der Waals surface area (Å²) in [5.74, 6) is 2.37. The molecule has 1 saturated heterocycles. The third-order valence-electron chi connectivity index (χ3n) is 5.58. The number of anilines is 2. The molecule has 0 radical (unpaired) electrons. The topological polar surface area (TPSA) is 76.3 Å². The minimum atomic E-state index is 0.645. The lowest BCUT2D eigenvalue weighted by atomic mass is 10.1. The highest BCUT2D eigenvalue weighted by Crippen LogP contribution is 2.26. The van der Waals surface area contributed by atoms with Gasteiger partial charge in [-0.1, -0.05) is 42.0 Å². The van der Waals surface area contributed by atoms with E-state index in [4.69, 9.17) is 19.6 Å². The lowest BCUT2D eigenvalue weighted by Gasteiger charge is -2.29. The van der Waals surface area contributed by atoms with Crippen LogP contribution in [0.2, 0.25) is 0 Å². The number of ether oxygens (including phenoxy) is 2. The van der Waals surface area contributed by atoms with Crippen LogP contribution in [-0.4, -0.2) is 54.2 Å². The molecule has 2 aromatic carbocycles. The number of hydrogen-bond acceptors (Lipinski definition) is 7. The van der Waals surface area contributed by atoms with E-state index in [2.05, 4.69) is 27.6 Å². The molecule has 1 aliphatic rings.